The van der Waals surface area contributed by atoms with E-state index in [-0.39, 0.29) is 0 Å². The highest BCUT2D eigenvalue weighted by atomic mass is 16.7. The Morgan fingerprint density at radius 3 is 1.17 bits per heavy atom. The zero-order valence-electron chi connectivity index (χ0n) is 22.3. The largest absolute Gasteiger partial charge is 0.466 e. The van der Waals surface area contributed by atoms with Crippen LogP contribution in [0.4, 0.5) is 0 Å². The minimum Gasteiger partial charge on any atom is -0.466 e. The Labute approximate surface area is 231 Å². The maximum Gasteiger partial charge on any atom is 0.347 e. The Bertz CT molecular complexity index is 985. The lowest BCUT2D eigenvalue weighted by molar-refractivity contribution is -0.182. The summed E-state index contributed by atoms with van der Waals surface area (Å²) < 4.78 is 40.3. The lowest BCUT2D eigenvalue weighted by Gasteiger charge is -2.18. The molecule has 0 aliphatic heterocycles. The number of aliphatic hydroxyl groups is 1. The fourth-order valence-corrected chi connectivity index (χ4v) is 2.09. The van der Waals surface area contributed by atoms with Gasteiger partial charge in [-0.25, -0.2) is 14.4 Å². The van der Waals surface area contributed by atoms with E-state index in [0.29, 0.717) is 0 Å². The summed E-state index contributed by atoms with van der Waals surface area (Å²) in [5.41, 5.74) is 0. The van der Waals surface area contributed by atoms with E-state index in [1.54, 1.807) is 0 Å². The number of ether oxygens (including phenoxy) is 9. The van der Waals surface area contributed by atoms with Gasteiger partial charge in [0.1, 0.15) is 19.3 Å². The summed E-state index contributed by atoms with van der Waals surface area (Å²) in [6.45, 7) is 0.534. The molecule has 0 aromatic rings. The maximum absolute atomic E-state index is 12.0. The second kappa shape index (κ2) is 19.3. The Morgan fingerprint density at radius 2 is 0.805 bits per heavy atom. The van der Waals surface area contributed by atoms with E-state index in [0.717, 1.165) is 21.0 Å². The molecule has 41 heavy (non-hydrogen) atoms. The summed E-state index contributed by atoms with van der Waals surface area (Å²) in [6, 6.07) is 0. The molecule has 0 aromatic carbocycles. The minimum absolute atomic E-state index is 0.845. The minimum atomic E-state index is -1.57. The van der Waals surface area contributed by atoms with Crippen LogP contribution >= 0.6 is 0 Å². The Kier molecular flexibility index (Phi) is 17.0. The third-order valence-corrected chi connectivity index (χ3v) is 4.06. The number of carbonyl (C=O) groups is 9. The predicted molar refractivity (Wildman–Crippen MR) is 120 cm³/mol. The molecule has 0 rings (SSSR count). The van der Waals surface area contributed by atoms with Crippen molar-refractivity contribution in [1.29, 1.82) is 0 Å². The van der Waals surface area contributed by atoms with Crippen molar-refractivity contribution in [2.45, 2.75) is 58.3 Å². The van der Waals surface area contributed by atoms with Crippen LogP contribution < -0.4 is 0 Å². The molecule has 0 aliphatic rings. The average Bonchev–Trinajstić information content (AvgIpc) is 2.87. The van der Waals surface area contributed by atoms with E-state index in [1.807, 2.05) is 0 Å². The summed E-state index contributed by atoms with van der Waals surface area (Å²) in [7, 11) is 1.08. The van der Waals surface area contributed by atoms with Crippen LogP contribution in [0.1, 0.15) is 40.0 Å². The topological polar surface area (TPSA) is 257 Å². The second-order valence-electron chi connectivity index (χ2n) is 7.29. The van der Waals surface area contributed by atoms with E-state index >= 15 is 0 Å². The van der Waals surface area contributed by atoms with Gasteiger partial charge in [-0.15, -0.1) is 0 Å². The molecule has 0 heterocycles. The van der Waals surface area contributed by atoms with Crippen LogP contribution in [0.5, 0.6) is 0 Å². The van der Waals surface area contributed by atoms with Crippen molar-refractivity contribution in [2.24, 2.45) is 0 Å². The van der Waals surface area contributed by atoms with Gasteiger partial charge >= 0.3 is 53.7 Å². The van der Waals surface area contributed by atoms with Crippen molar-refractivity contribution < 1.29 is 90.9 Å². The average molecular weight is 596 g/mol. The molecule has 1 N–H and O–H groups in total. The van der Waals surface area contributed by atoms with E-state index in [4.69, 9.17) is 14.6 Å². The molecule has 19 nitrogen and oxygen atoms in total. The fraction of sp³-hybridized carbons (Fsp3) is 0.591. The number of hydrogen-bond donors (Lipinski definition) is 1. The van der Waals surface area contributed by atoms with E-state index < -0.39 is 112 Å². The molecule has 0 amide bonds. The van der Waals surface area contributed by atoms with Crippen LogP contribution in [0.25, 0.3) is 0 Å². The molecule has 0 bridgehead atoms. The summed E-state index contributed by atoms with van der Waals surface area (Å²) in [5, 5.41) is 8.34. The summed E-state index contributed by atoms with van der Waals surface area (Å²) in [6.07, 6.45) is -7.19. The first-order valence-corrected chi connectivity index (χ1v) is 11.3. The fourth-order valence-electron chi connectivity index (χ4n) is 2.09. The molecule has 0 fully saturated rings. The molecule has 0 aromatic heterocycles. The van der Waals surface area contributed by atoms with Gasteiger partial charge in [-0.05, 0) is 20.8 Å². The second-order valence-corrected chi connectivity index (χ2v) is 7.29. The number of esters is 9. The van der Waals surface area contributed by atoms with Crippen molar-refractivity contribution in [3.8, 4) is 0 Å². The van der Waals surface area contributed by atoms with Gasteiger partial charge in [0.05, 0.1) is 7.11 Å². The van der Waals surface area contributed by atoms with E-state index in [9.17, 15) is 43.2 Å². The normalized spacial score (nSPS) is 12.2. The number of methoxy groups -OCH3 is 1. The molecular weight excluding hydrogens is 568 g/mol. The van der Waals surface area contributed by atoms with Gasteiger partial charge in [0.15, 0.2) is 25.1 Å². The number of rotatable bonds is 17. The predicted octanol–water partition coefficient (Wildman–Crippen LogP) is -2.29. The highest BCUT2D eigenvalue weighted by molar-refractivity contribution is 5.93. The molecule has 3 unspecified atom stereocenters. The number of aliphatic hydroxyl groups excluding tert-OH is 1. The van der Waals surface area contributed by atoms with Crippen molar-refractivity contribution in [1.82, 2.24) is 0 Å². The smallest absolute Gasteiger partial charge is 0.347 e. The van der Waals surface area contributed by atoms with Crippen LogP contribution in [0, 0.1) is 0 Å². The molecule has 0 saturated heterocycles. The Balaban J connectivity index is 4.25. The highest BCUT2D eigenvalue weighted by Gasteiger charge is 2.29. The first-order valence-electron chi connectivity index (χ1n) is 11.3. The third kappa shape index (κ3) is 16.7. The monoisotopic (exact) mass is 596 g/mol. The molecule has 0 saturated carbocycles. The molecule has 19 heteroatoms. The van der Waals surface area contributed by atoms with Crippen molar-refractivity contribution in [3.05, 3.63) is 0 Å². The number of hydrogen-bond acceptors (Lipinski definition) is 19. The van der Waals surface area contributed by atoms with Crippen LogP contribution in [0.3, 0.4) is 0 Å². The Morgan fingerprint density at radius 1 is 0.488 bits per heavy atom. The van der Waals surface area contributed by atoms with Gasteiger partial charge in [0, 0.05) is 0 Å². The summed E-state index contributed by atoms with van der Waals surface area (Å²) >= 11 is 0. The van der Waals surface area contributed by atoms with Crippen molar-refractivity contribution in [2.75, 3.05) is 27.5 Å². The van der Waals surface area contributed by atoms with E-state index in [1.165, 1.54) is 6.92 Å². The first-order chi connectivity index (χ1) is 19.2. The summed E-state index contributed by atoms with van der Waals surface area (Å²) in [5.74, 6) is -10.3. The van der Waals surface area contributed by atoms with Gasteiger partial charge < -0.3 is 47.7 Å². The zero-order chi connectivity index (χ0) is 31.5. The van der Waals surface area contributed by atoms with Crippen LogP contribution in [-0.4, -0.2) is 105 Å². The molecule has 3 atom stereocenters. The lowest BCUT2D eigenvalue weighted by atomic mass is 10.3. The molecule has 0 aliphatic carbocycles. The lowest BCUT2D eigenvalue weighted by Crippen LogP contribution is -2.36. The third-order valence-electron chi connectivity index (χ3n) is 4.06. The van der Waals surface area contributed by atoms with E-state index in [2.05, 4.69) is 33.2 Å². The van der Waals surface area contributed by atoms with Gasteiger partial charge in [-0.3, -0.25) is 28.8 Å². The molecular formula is C22H28O19. The van der Waals surface area contributed by atoms with Gasteiger partial charge in [0.25, 0.3) is 0 Å². The van der Waals surface area contributed by atoms with Crippen molar-refractivity contribution >= 4 is 53.7 Å². The number of carbonyl (C=O) groups excluding carboxylic acids is 9. The Hall–Kier alpha value is -4.81. The standard InChI is InChI=1S/C22H28O19/c1-11(20(30)33-4)40-22(32)13(3)41-21(31)12(2)39-19(29)7-18(28)38-10-37-17(27)6-16(26)36-9-35-15(25)5-14(24)34-8-23/h11-13,23H,5-10H2,1-4H3. The molecule has 230 valence electrons. The van der Waals surface area contributed by atoms with Crippen molar-refractivity contribution in [3.63, 3.8) is 0 Å². The summed E-state index contributed by atoms with van der Waals surface area (Å²) in [4.78, 5) is 104. The maximum atomic E-state index is 12.0. The first kappa shape index (κ1) is 36.2. The van der Waals surface area contributed by atoms with Crippen LogP contribution in [0.2, 0.25) is 0 Å². The highest BCUT2D eigenvalue weighted by Crippen LogP contribution is 2.06. The SMILES string of the molecule is COC(=O)C(C)OC(=O)C(C)OC(=O)C(C)OC(=O)CC(=O)OCOC(=O)CC(=O)OCOC(=O)CC(=O)OCO. The van der Waals surface area contributed by atoms with Crippen LogP contribution in [0.15, 0.2) is 0 Å². The zero-order valence-corrected chi connectivity index (χ0v) is 22.3. The molecule has 0 spiro atoms. The molecule has 0 radical (unpaired) electrons. The quantitative estimate of drug-likeness (QED) is 0.0801. The van der Waals surface area contributed by atoms with Crippen LogP contribution in [-0.2, 0) is 85.8 Å². The van der Waals surface area contributed by atoms with Gasteiger partial charge in [-0.1, -0.05) is 0 Å². The van der Waals surface area contributed by atoms with Gasteiger partial charge in [-0.2, -0.15) is 0 Å². The van der Waals surface area contributed by atoms with Gasteiger partial charge in [0.2, 0.25) is 13.6 Å².